The lowest BCUT2D eigenvalue weighted by Gasteiger charge is -2.32. The van der Waals surface area contributed by atoms with Crippen LogP contribution in [0.15, 0.2) is 35.5 Å². The van der Waals surface area contributed by atoms with E-state index in [0.29, 0.717) is 59.8 Å². The second-order valence-electron chi connectivity index (χ2n) is 10.1. The summed E-state index contributed by atoms with van der Waals surface area (Å²) in [6.45, 7) is 9.80. The average Bonchev–Trinajstić information content (AvgIpc) is 3.23. The Labute approximate surface area is 212 Å². The fourth-order valence-corrected chi connectivity index (χ4v) is 4.66. The number of ether oxygens (including phenoxy) is 1. The Morgan fingerprint density at radius 1 is 1.16 bits per heavy atom. The number of hydrogen-bond acceptors (Lipinski definition) is 9. The smallest absolute Gasteiger partial charge is 0.291 e. The summed E-state index contributed by atoms with van der Waals surface area (Å²) in [4.78, 5) is 24.3. The maximum absolute atomic E-state index is 14.2. The van der Waals surface area contributed by atoms with Gasteiger partial charge in [-0.05, 0) is 39.8 Å². The number of halogens is 1. The molecule has 0 saturated carbocycles. The Bertz CT molecular complexity index is 1520. The number of hydrogen-bond donors (Lipinski definition) is 2. The molecule has 1 fully saturated rings. The van der Waals surface area contributed by atoms with Crippen molar-refractivity contribution in [2.75, 3.05) is 36.9 Å². The number of morpholine rings is 1. The molecule has 0 aliphatic carbocycles. The summed E-state index contributed by atoms with van der Waals surface area (Å²) in [7, 11) is 0. The van der Waals surface area contributed by atoms with E-state index in [-0.39, 0.29) is 17.1 Å². The largest absolute Gasteiger partial charge is 0.508 e. The molecule has 11 nitrogen and oxygen atoms in total. The second kappa shape index (κ2) is 9.11. The maximum Gasteiger partial charge on any atom is 0.291 e. The van der Waals surface area contributed by atoms with E-state index in [0.717, 1.165) is 6.07 Å². The minimum Gasteiger partial charge on any atom is -0.508 e. The van der Waals surface area contributed by atoms with Crippen molar-refractivity contribution in [3.05, 3.63) is 52.5 Å². The van der Waals surface area contributed by atoms with Crippen molar-refractivity contribution in [1.29, 1.82) is 0 Å². The Morgan fingerprint density at radius 2 is 1.89 bits per heavy atom. The number of phenolic OH excluding ortho intramolecular Hbond substituents is 1. The third-order valence-electron chi connectivity index (χ3n) is 6.43. The lowest BCUT2D eigenvalue weighted by molar-refractivity contribution is 0.122. The maximum atomic E-state index is 14.2. The molecule has 1 aromatic carbocycles. The number of anilines is 2. The van der Waals surface area contributed by atoms with Gasteiger partial charge in [-0.15, -0.1) is 0 Å². The lowest BCUT2D eigenvalue weighted by Crippen LogP contribution is -2.45. The summed E-state index contributed by atoms with van der Waals surface area (Å²) in [6.07, 6.45) is 3.02. The van der Waals surface area contributed by atoms with Crippen LogP contribution in [-0.2, 0) is 10.3 Å². The van der Waals surface area contributed by atoms with E-state index in [2.05, 4.69) is 15.1 Å². The highest BCUT2D eigenvalue weighted by atomic mass is 19.1. The van der Waals surface area contributed by atoms with Crippen LogP contribution in [0.1, 0.15) is 39.3 Å². The fraction of sp³-hybridized carbons (Fsp3) is 0.400. The topological polar surface area (TPSA) is 137 Å². The summed E-state index contributed by atoms with van der Waals surface area (Å²) in [6, 6.07) is 3.17. The number of nitrogens with two attached hydrogens (primary N) is 1. The first-order valence-electron chi connectivity index (χ1n) is 12.0. The lowest BCUT2D eigenvalue weighted by atomic mass is 10.1. The van der Waals surface area contributed by atoms with E-state index in [1.165, 1.54) is 23.1 Å². The van der Waals surface area contributed by atoms with Gasteiger partial charge in [-0.1, -0.05) is 0 Å². The van der Waals surface area contributed by atoms with Gasteiger partial charge in [-0.3, -0.25) is 4.79 Å². The first-order chi connectivity index (χ1) is 17.6. The molecule has 5 rings (SSSR count). The number of benzene rings is 1. The second-order valence-corrected chi connectivity index (χ2v) is 10.1. The summed E-state index contributed by atoms with van der Waals surface area (Å²) < 4.78 is 22.8. The summed E-state index contributed by atoms with van der Waals surface area (Å²) in [5.41, 5.74) is 7.71. The van der Waals surface area contributed by atoms with Gasteiger partial charge in [0.1, 0.15) is 35.1 Å². The number of rotatable bonds is 4. The van der Waals surface area contributed by atoms with Crippen LogP contribution in [0, 0.1) is 5.82 Å². The van der Waals surface area contributed by atoms with Crippen LogP contribution in [-0.4, -0.2) is 60.9 Å². The predicted octanol–water partition coefficient (Wildman–Crippen LogP) is 2.68. The molecule has 0 spiro atoms. The molecule has 0 bridgehead atoms. The predicted molar refractivity (Wildman–Crippen MR) is 137 cm³/mol. The number of nitrogen functional groups attached to an aromatic ring is 1. The van der Waals surface area contributed by atoms with Gasteiger partial charge in [0.25, 0.3) is 5.56 Å². The summed E-state index contributed by atoms with van der Waals surface area (Å²) >= 11 is 0. The van der Waals surface area contributed by atoms with Crippen LogP contribution < -0.4 is 16.2 Å². The SMILES string of the molecule is CC(c1cnn(C(C)(C)C)c(=O)c1N1CCOCC1)n1nc(-c2cc(O)cc(F)c2)c2c(N)ncnc21. The minimum absolute atomic E-state index is 0.164. The standard InChI is InChI=1S/C25H29FN8O3/c1-14(18-12-30-34(25(2,3)4)24(36)21(18)32-5-7-37-8-6-32)33-23-19(22(27)28-13-29-23)20(31-33)15-9-16(26)11-17(35)10-15/h9-14,35H,5-8H2,1-4H3,(H2,27,28,29). The molecule has 12 heteroatoms. The average molecular weight is 509 g/mol. The van der Waals surface area contributed by atoms with Crippen molar-refractivity contribution in [3.8, 4) is 17.0 Å². The third kappa shape index (κ3) is 4.37. The van der Waals surface area contributed by atoms with E-state index in [1.54, 1.807) is 10.9 Å². The number of aromatic nitrogens is 6. The van der Waals surface area contributed by atoms with E-state index in [4.69, 9.17) is 15.6 Å². The van der Waals surface area contributed by atoms with Gasteiger partial charge in [0.05, 0.1) is 36.4 Å². The van der Waals surface area contributed by atoms with Crippen molar-refractivity contribution in [1.82, 2.24) is 29.5 Å². The number of aromatic hydroxyl groups is 1. The van der Waals surface area contributed by atoms with E-state index < -0.39 is 17.4 Å². The van der Waals surface area contributed by atoms with Gasteiger partial charge in [-0.25, -0.2) is 23.7 Å². The van der Waals surface area contributed by atoms with Crippen molar-refractivity contribution in [2.24, 2.45) is 0 Å². The monoisotopic (exact) mass is 508 g/mol. The van der Waals surface area contributed by atoms with Gasteiger partial charge < -0.3 is 20.5 Å². The molecular weight excluding hydrogens is 479 g/mol. The molecular formula is C25H29FN8O3. The van der Waals surface area contributed by atoms with Gasteiger partial charge in [0, 0.05) is 30.3 Å². The van der Waals surface area contributed by atoms with Gasteiger partial charge >= 0.3 is 0 Å². The number of fused-ring (bicyclic) bond motifs is 1. The van der Waals surface area contributed by atoms with Gasteiger partial charge in [0.2, 0.25) is 0 Å². The van der Waals surface area contributed by atoms with Crippen LogP contribution in [0.5, 0.6) is 5.75 Å². The highest BCUT2D eigenvalue weighted by molar-refractivity contribution is 5.98. The molecule has 1 aliphatic heterocycles. The van der Waals surface area contributed by atoms with Crippen molar-refractivity contribution in [3.63, 3.8) is 0 Å². The fourth-order valence-electron chi connectivity index (χ4n) is 4.66. The van der Waals surface area contributed by atoms with Crippen LogP contribution >= 0.6 is 0 Å². The Hall–Kier alpha value is -4.06. The Kier molecular flexibility index (Phi) is 6.06. The normalized spacial score (nSPS) is 15.3. The molecule has 3 aromatic heterocycles. The highest BCUT2D eigenvalue weighted by Gasteiger charge is 2.29. The van der Waals surface area contributed by atoms with Crippen molar-refractivity contribution in [2.45, 2.75) is 39.3 Å². The highest BCUT2D eigenvalue weighted by Crippen LogP contribution is 2.36. The van der Waals surface area contributed by atoms with Crippen LogP contribution in [0.2, 0.25) is 0 Å². The molecule has 37 heavy (non-hydrogen) atoms. The van der Waals surface area contributed by atoms with E-state index in [9.17, 15) is 14.3 Å². The molecule has 1 aliphatic rings. The molecule has 3 N–H and O–H groups in total. The van der Waals surface area contributed by atoms with Crippen LogP contribution in [0.4, 0.5) is 15.9 Å². The molecule has 0 amide bonds. The minimum atomic E-state index is -0.620. The van der Waals surface area contributed by atoms with Crippen molar-refractivity contribution < 1.29 is 14.2 Å². The summed E-state index contributed by atoms with van der Waals surface area (Å²) in [5, 5.41) is 19.7. The molecule has 1 atom stereocenters. The number of nitrogens with zero attached hydrogens (tertiary/aromatic N) is 7. The zero-order valence-corrected chi connectivity index (χ0v) is 21.1. The first-order valence-corrected chi connectivity index (χ1v) is 12.0. The molecule has 4 heterocycles. The molecule has 1 saturated heterocycles. The molecule has 0 radical (unpaired) electrons. The molecule has 194 valence electrons. The Balaban J connectivity index is 1.73. The molecule has 1 unspecified atom stereocenters. The molecule has 4 aromatic rings. The van der Waals surface area contributed by atoms with Crippen LogP contribution in [0.3, 0.4) is 0 Å². The van der Waals surface area contributed by atoms with Crippen molar-refractivity contribution >= 4 is 22.5 Å². The van der Waals surface area contributed by atoms with Crippen LogP contribution in [0.25, 0.3) is 22.3 Å². The van der Waals surface area contributed by atoms with Gasteiger partial charge in [-0.2, -0.15) is 10.2 Å². The summed E-state index contributed by atoms with van der Waals surface area (Å²) in [5.74, 6) is -0.701. The number of phenols is 1. The van der Waals surface area contributed by atoms with E-state index in [1.807, 2.05) is 32.6 Å². The zero-order chi connectivity index (χ0) is 26.5. The zero-order valence-electron chi connectivity index (χ0n) is 21.1. The first kappa shape index (κ1) is 24.6. The Morgan fingerprint density at radius 3 is 2.57 bits per heavy atom. The quantitative estimate of drug-likeness (QED) is 0.426. The third-order valence-corrected chi connectivity index (χ3v) is 6.43. The van der Waals surface area contributed by atoms with E-state index >= 15 is 0 Å². The van der Waals surface area contributed by atoms with Gasteiger partial charge in [0.15, 0.2) is 5.65 Å².